The lowest BCUT2D eigenvalue weighted by molar-refractivity contribution is 0.0448. The SMILES string of the molecule is Cc1ccc(-n2nccn2)c(C(=O)N2CCC[C@@H](COc3cccc(Br)n3)[C@@H]2C)c1. The third-order valence-corrected chi connectivity index (χ3v) is 6.00. The third-order valence-electron chi connectivity index (χ3n) is 5.56. The van der Waals surface area contributed by atoms with E-state index in [1.165, 1.54) is 4.80 Å². The number of carbonyl (C=O) groups is 1. The first-order valence-corrected chi connectivity index (χ1v) is 10.9. The summed E-state index contributed by atoms with van der Waals surface area (Å²) in [5, 5.41) is 8.42. The number of nitrogens with zero attached hydrogens (tertiary/aromatic N) is 5. The molecule has 1 saturated heterocycles. The van der Waals surface area contributed by atoms with Crippen LogP contribution in [0.5, 0.6) is 5.88 Å². The molecule has 1 fully saturated rings. The highest BCUT2D eigenvalue weighted by Crippen LogP contribution is 2.28. The van der Waals surface area contributed by atoms with E-state index in [9.17, 15) is 4.79 Å². The predicted octanol–water partition coefficient (Wildman–Crippen LogP) is 4.05. The molecule has 3 aromatic rings. The van der Waals surface area contributed by atoms with E-state index in [0.717, 1.165) is 29.6 Å². The van der Waals surface area contributed by atoms with Crippen molar-refractivity contribution < 1.29 is 9.53 Å². The van der Waals surface area contributed by atoms with Crippen LogP contribution < -0.4 is 4.74 Å². The van der Waals surface area contributed by atoms with Gasteiger partial charge in [-0.25, -0.2) is 4.98 Å². The van der Waals surface area contributed by atoms with E-state index in [4.69, 9.17) is 4.74 Å². The van der Waals surface area contributed by atoms with Crippen LogP contribution in [-0.4, -0.2) is 50.0 Å². The fourth-order valence-corrected chi connectivity index (χ4v) is 4.21. The van der Waals surface area contributed by atoms with Gasteiger partial charge in [0.05, 0.1) is 30.3 Å². The van der Waals surface area contributed by atoms with Crippen molar-refractivity contribution in [3.8, 4) is 11.6 Å². The van der Waals surface area contributed by atoms with Crippen LogP contribution in [0.1, 0.15) is 35.7 Å². The molecule has 0 N–H and O–H groups in total. The van der Waals surface area contributed by atoms with Gasteiger partial charge in [0.15, 0.2) is 0 Å². The molecule has 0 spiro atoms. The van der Waals surface area contributed by atoms with Crippen LogP contribution in [0.3, 0.4) is 0 Å². The monoisotopic (exact) mass is 469 g/mol. The van der Waals surface area contributed by atoms with Crippen molar-refractivity contribution in [2.24, 2.45) is 5.92 Å². The molecule has 0 bridgehead atoms. The van der Waals surface area contributed by atoms with E-state index in [1.54, 1.807) is 12.4 Å². The van der Waals surface area contributed by atoms with Crippen molar-refractivity contribution in [2.75, 3.05) is 13.2 Å². The molecule has 0 unspecified atom stereocenters. The maximum atomic E-state index is 13.5. The van der Waals surface area contributed by atoms with Crippen molar-refractivity contribution in [3.63, 3.8) is 0 Å². The van der Waals surface area contributed by atoms with E-state index in [1.807, 2.05) is 48.2 Å². The Hall–Kier alpha value is -2.74. The molecule has 8 heteroatoms. The molecule has 7 nitrogen and oxygen atoms in total. The topological polar surface area (TPSA) is 73.1 Å². The van der Waals surface area contributed by atoms with Crippen molar-refractivity contribution in [2.45, 2.75) is 32.7 Å². The third kappa shape index (κ3) is 4.38. The summed E-state index contributed by atoms with van der Waals surface area (Å²) in [6.45, 7) is 5.33. The molecule has 30 heavy (non-hydrogen) atoms. The summed E-state index contributed by atoms with van der Waals surface area (Å²) in [7, 11) is 0. The number of rotatable bonds is 5. The van der Waals surface area contributed by atoms with E-state index in [0.29, 0.717) is 23.7 Å². The molecule has 1 aromatic carbocycles. The fraction of sp³-hybridized carbons (Fsp3) is 0.364. The number of likely N-dealkylation sites (tertiary alicyclic amines) is 1. The first-order valence-electron chi connectivity index (χ1n) is 10.1. The van der Waals surface area contributed by atoms with E-state index >= 15 is 0 Å². The van der Waals surface area contributed by atoms with Crippen molar-refractivity contribution in [1.82, 2.24) is 24.9 Å². The first kappa shape index (κ1) is 20.5. The van der Waals surface area contributed by atoms with E-state index in [2.05, 4.69) is 38.0 Å². The van der Waals surface area contributed by atoms with Gasteiger partial charge < -0.3 is 9.64 Å². The van der Waals surface area contributed by atoms with Crippen molar-refractivity contribution in [3.05, 3.63) is 64.5 Å². The number of amides is 1. The first-order chi connectivity index (χ1) is 14.5. The van der Waals surface area contributed by atoms with Gasteiger partial charge in [-0.2, -0.15) is 15.0 Å². The maximum Gasteiger partial charge on any atom is 0.256 e. The summed E-state index contributed by atoms with van der Waals surface area (Å²) in [6.07, 6.45) is 5.18. The van der Waals surface area contributed by atoms with Crippen LogP contribution in [0.25, 0.3) is 5.69 Å². The zero-order valence-corrected chi connectivity index (χ0v) is 18.6. The molecule has 4 rings (SSSR count). The minimum atomic E-state index is 0.00350. The van der Waals surface area contributed by atoms with Gasteiger partial charge >= 0.3 is 0 Å². The smallest absolute Gasteiger partial charge is 0.256 e. The highest BCUT2D eigenvalue weighted by Gasteiger charge is 2.33. The molecule has 0 radical (unpaired) electrons. The van der Waals surface area contributed by atoms with Crippen LogP contribution in [-0.2, 0) is 0 Å². The zero-order valence-electron chi connectivity index (χ0n) is 17.0. The highest BCUT2D eigenvalue weighted by molar-refractivity contribution is 9.10. The lowest BCUT2D eigenvalue weighted by atomic mass is 9.90. The molecule has 2 atom stereocenters. The molecule has 0 saturated carbocycles. The average Bonchev–Trinajstić information content (AvgIpc) is 3.27. The summed E-state index contributed by atoms with van der Waals surface area (Å²) < 4.78 is 6.67. The lowest BCUT2D eigenvalue weighted by Gasteiger charge is -2.39. The minimum absolute atomic E-state index is 0.00350. The summed E-state index contributed by atoms with van der Waals surface area (Å²) in [5.41, 5.74) is 2.34. The molecular formula is C22H24BrN5O2. The fourth-order valence-electron chi connectivity index (χ4n) is 3.89. The van der Waals surface area contributed by atoms with E-state index in [-0.39, 0.29) is 17.9 Å². The second kappa shape index (κ2) is 8.95. The largest absolute Gasteiger partial charge is 0.477 e. The number of hydrogen-bond donors (Lipinski definition) is 0. The molecule has 1 aliphatic heterocycles. The second-order valence-electron chi connectivity index (χ2n) is 7.59. The Morgan fingerprint density at radius 2 is 2.03 bits per heavy atom. The van der Waals surface area contributed by atoms with Crippen LogP contribution >= 0.6 is 15.9 Å². The highest BCUT2D eigenvalue weighted by atomic mass is 79.9. The van der Waals surface area contributed by atoms with Gasteiger partial charge in [0.1, 0.15) is 4.60 Å². The molecule has 1 amide bonds. The lowest BCUT2D eigenvalue weighted by Crippen LogP contribution is -2.48. The second-order valence-corrected chi connectivity index (χ2v) is 8.40. The average molecular weight is 470 g/mol. The Kier molecular flexibility index (Phi) is 6.13. The van der Waals surface area contributed by atoms with Gasteiger partial charge in [-0.1, -0.05) is 17.7 Å². The van der Waals surface area contributed by atoms with Crippen LogP contribution in [0.2, 0.25) is 0 Å². The Morgan fingerprint density at radius 3 is 2.80 bits per heavy atom. The Labute approximate surface area is 184 Å². The summed E-state index contributed by atoms with van der Waals surface area (Å²) in [5.74, 6) is 0.828. The Balaban J connectivity index is 1.52. The summed E-state index contributed by atoms with van der Waals surface area (Å²) in [4.78, 5) is 21.3. The number of hydrogen-bond acceptors (Lipinski definition) is 5. The van der Waals surface area contributed by atoms with Gasteiger partial charge in [0, 0.05) is 24.6 Å². The van der Waals surface area contributed by atoms with E-state index < -0.39 is 0 Å². The zero-order chi connectivity index (χ0) is 21.1. The van der Waals surface area contributed by atoms with Crippen molar-refractivity contribution >= 4 is 21.8 Å². The quantitative estimate of drug-likeness (QED) is 0.526. The number of carbonyl (C=O) groups excluding carboxylic acids is 1. The van der Waals surface area contributed by atoms with Gasteiger partial charge in [0.2, 0.25) is 5.88 Å². The number of halogens is 1. The van der Waals surface area contributed by atoms with Crippen LogP contribution in [0.15, 0.2) is 53.4 Å². The number of aryl methyl sites for hydroxylation is 1. The number of ether oxygens (including phenoxy) is 1. The molecule has 2 aromatic heterocycles. The molecule has 0 aliphatic carbocycles. The summed E-state index contributed by atoms with van der Waals surface area (Å²) in [6, 6.07) is 11.4. The van der Waals surface area contributed by atoms with Crippen molar-refractivity contribution in [1.29, 1.82) is 0 Å². The van der Waals surface area contributed by atoms with Crippen LogP contribution in [0, 0.1) is 12.8 Å². The van der Waals surface area contributed by atoms with Gasteiger partial charge in [-0.3, -0.25) is 4.79 Å². The normalized spacial score (nSPS) is 19.0. The number of benzene rings is 1. The minimum Gasteiger partial charge on any atom is -0.477 e. The van der Waals surface area contributed by atoms with Gasteiger partial charge in [-0.05, 0) is 60.8 Å². The number of pyridine rings is 1. The molecular weight excluding hydrogens is 446 g/mol. The van der Waals surface area contributed by atoms with Gasteiger partial charge in [0.25, 0.3) is 5.91 Å². The maximum absolute atomic E-state index is 13.5. The van der Waals surface area contributed by atoms with Crippen LogP contribution in [0.4, 0.5) is 0 Å². The predicted molar refractivity (Wildman–Crippen MR) is 117 cm³/mol. The van der Waals surface area contributed by atoms with Gasteiger partial charge in [-0.15, -0.1) is 0 Å². The standard InChI is InChI=1S/C22H24BrN5O2/c1-15-8-9-19(28-24-10-11-25-28)18(13-15)22(29)27-12-4-5-17(16(27)2)14-30-21-7-3-6-20(23)26-21/h3,6-11,13,16-17H,4-5,12,14H2,1-2H3/t16-,17-/m0/s1. The molecule has 3 heterocycles. The molecule has 1 aliphatic rings. The molecule has 156 valence electrons. The number of aromatic nitrogens is 4. The summed E-state index contributed by atoms with van der Waals surface area (Å²) >= 11 is 3.37. The number of piperidine rings is 1. The Bertz CT molecular complexity index is 1020. The Morgan fingerprint density at radius 1 is 1.23 bits per heavy atom.